The quantitative estimate of drug-likeness (QED) is 0.660. The summed E-state index contributed by atoms with van der Waals surface area (Å²) in [6, 6.07) is 1.75. The second kappa shape index (κ2) is 4.60. The van der Waals surface area contributed by atoms with Crippen LogP contribution in [-0.4, -0.2) is 17.6 Å². The molecule has 13 heavy (non-hydrogen) atoms. The largest absolute Gasteiger partial charge is 0.462 e. The lowest BCUT2D eigenvalue weighted by Gasteiger charge is -2.01. The maximum absolute atomic E-state index is 11.2. The molecule has 3 heteroatoms. The van der Waals surface area contributed by atoms with Gasteiger partial charge in [0.25, 0.3) is 0 Å². The molecule has 0 bridgehead atoms. The molecule has 0 N–H and O–H groups in total. The van der Waals surface area contributed by atoms with Gasteiger partial charge in [0.05, 0.1) is 12.2 Å². The molecule has 0 aliphatic rings. The molecular formula is C10H12NO2. The predicted octanol–water partition coefficient (Wildman–Crippen LogP) is 1.62. The van der Waals surface area contributed by atoms with Crippen LogP contribution in [0.5, 0.6) is 0 Å². The number of pyridine rings is 1. The SMILES string of the molecule is CCOC(=O)c1[c]ncc(CC)c1. The zero-order valence-electron chi connectivity index (χ0n) is 7.83. The third kappa shape index (κ3) is 2.54. The van der Waals surface area contributed by atoms with Gasteiger partial charge in [0.1, 0.15) is 6.20 Å². The summed E-state index contributed by atoms with van der Waals surface area (Å²) in [6.45, 7) is 4.16. The van der Waals surface area contributed by atoms with E-state index in [1.54, 1.807) is 19.2 Å². The fourth-order valence-electron chi connectivity index (χ4n) is 0.946. The molecule has 0 aliphatic carbocycles. The van der Waals surface area contributed by atoms with Crippen LogP contribution in [0.25, 0.3) is 0 Å². The zero-order valence-corrected chi connectivity index (χ0v) is 7.83. The maximum Gasteiger partial charge on any atom is 0.340 e. The lowest BCUT2D eigenvalue weighted by Crippen LogP contribution is -2.05. The van der Waals surface area contributed by atoms with Crippen molar-refractivity contribution >= 4 is 5.97 Å². The normalized spacial score (nSPS) is 9.69. The lowest BCUT2D eigenvalue weighted by atomic mass is 10.2. The molecule has 69 valence electrons. The third-order valence-electron chi connectivity index (χ3n) is 1.65. The first-order chi connectivity index (χ1) is 6.27. The summed E-state index contributed by atoms with van der Waals surface area (Å²) in [5.74, 6) is -0.356. The number of carbonyl (C=O) groups is 1. The van der Waals surface area contributed by atoms with Gasteiger partial charge in [0.2, 0.25) is 0 Å². The number of rotatable bonds is 3. The Bertz CT molecular complexity index is 297. The Hall–Kier alpha value is -1.38. The van der Waals surface area contributed by atoms with E-state index in [-0.39, 0.29) is 5.97 Å². The number of aryl methyl sites for hydroxylation is 1. The molecular weight excluding hydrogens is 166 g/mol. The van der Waals surface area contributed by atoms with Crippen LogP contribution in [0.1, 0.15) is 29.8 Å². The van der Waals surface area contributed by atoms with Gasteiger partial charge in [0.15, 0.2) is 0 Å². The minimum Gasteiger partial charge on any atom is -0.462 e. The fourth-order valence-corrected chi connectivity index (χ4v) is 0.946. The van der Waals surface area contributed by atoms with E-state index in [9.17, 15) is 4.79 Å². The number of hydrogen-bond acceptors (Lipinski definition) is 3. The smallest absolute Gasteiger partial charge is 0.340 e. The molecule has 0 unspecified atom stereocenters. The molecule has 1 heterocycles. The molecule has 0 aromatic carbocycles. The summed E-state index contributed by atoms with van der Waals surface area (Å²) in [5.41, 5.74) is 1.42. The molecule has 1 rings (SSSR count). The summed E-state index contributed by atoms with van der Waals surface area (Å²) in [7, 11) is 0. The van der Waals surface area contributed by atoms with Crippen LogP contribution < -0.4 is 0 Å². The summed E-state index contributed by atoms with van der Waals surface area (Å²) in [4.78, 5) is 15.1. The molecule has 1 radical (unpaired) electrons. The highest BCUT2D eigenvalue weighted by atomic mass is 16.5. The van der Waals surface area contributed by atoms with E-state index in [4.69, 9.17) is 4.74 Å². The average molecular weight is 178 g/mol. The Balaban J connectivity index is 2.82. The Kier molecular flexibility index (Phi) is 3.43. The van der Waals surface area contributed by atoms with Crippen LogP contribution in [0.4, 0.5) is 0 Å². The van der Waals surface area contributed by atoms with Gasteiger partial charge >= 0.3 is 5.97 Å². The number of aromatic nitrogens is 1. The second-order valence-corrected chi connectivity index (χ2v) is 2.58. The van der Waals surface area contributed by atoms with Crippen LogP contribution in [0.3, 0.4) is 0 Å². The third-order valence-corrected chi connectivity index (χ3v) is 1.65. The zero-order chi connectivity index (χ0) is 9.68. The van der Waals surface area contributed by atoms with Crippen molar-refractivity contribution in [2.45, 2.75) is 20.3 Å². The second-order valence-electron chi connectivity index (χ2n) is 2.58. The van der Waals surface area contributed by atoms with Crippen LogP contribution in [0.2, 0.25) is 0 Å². The average Bonchev–Trinajstić information content (AvgIpc) is 2.18. The van der Waals surface area contributed by atoms with Crippen molar-refractivity contribution < 1.29 is 9.53 Å². The molecule has 0 aliphatic heterocycles. The number of ether oxygens (including phenoxy) is 1. The highest BCUT2D eigenvalue weighted by Crippen LogP contribution is 2.04. The number of nitrogens with zero attached hydrogens (tertiary/aromatic N) is 1. The number of esters is 1. The van der Waals surface area contributed by atoms with E-state index in [1.165, 1.54) is 0 Å². The van der Waals surface area contributed by atoms with Crippen molar-refractivity contribution in [3.63, 3.8) is 0 Å². The fraction of sp³-hybridized carbons (Fsp3) is 0.400. The van der Waals surface area contributed by atoms with Crippen molar-refractivity contribution in [1.82, 2.24) is 4.98 Å². The van der Waals surface area contributed by atoms with E-state index >= 15 is 0 Å². The molecule has 0 saturated heterocycles. The highest BCUT2D eigenvalue weighted by Gasteiger charge is 2.06. The molecule has 0 spiro atoms. The van der Waals surface area contributed by atoms with Gasteiger partial charge in [-0.25, -0.2) is 4.79 Å². The molecule has 0 atom stereocenters. The Labute approximate surface area is 77.8 Å². The van der Waals surface area contributed by atoms with Crippen molar-refractivity contribution in [1.29, 1.82) is 0 Å². The first kappa shape index (κ1) is 9.71. The van der Waals surface area contributed by atoms with Gasteiger partial charge in [-0.1, -0.05) is 6.92 Å². The van der Waals surface area contributed by atoms with E-state index in [1.807, 2.05) is 6.92 Å². The van der Waals surface area contributed by atoms with Crippen LogP contribution in [0.15, 0.2) is 12.3 Å². The topological polar surface area (TPSA) is 39.2 Å². The molecule has 0 saturated carbocycles. The van der Waals surface area contributed by atoms with E-state index in [0.717, 1.165) is 12.0 Å². The molecule has 3 nitrogen and oxygen atoms in total. The Morgan fingerprint density at radius 3 is 3.00 bits per heavy atom. The standard InChI is InChI=1S/C10H12NO2/c1-3-8-5-9(7-11-6-8)10(12)13-4-2/h5-6H,3-4H2,1-2H3. The molecule has 1 aromatic heterocycles. The van der Waals surface area contributed by atoms with Crippen molar-refractivity contribution in [2.75, 3.05) is 6.61 Å². The maximum atomic E-state index is 11.2. The van der Waals surface area contributed by atoms with Gasteiger partial charge < -0.3 is 4.74 Å². The first-order valence-corrected chi connectivity index (χ1v) is 4.31. The first-order valence-electron chi connectivity index (χ1n) is 4.31. The Morgan fingerprint density at radius 1 is 1.62 bits per heavy atom. The molecule has 1 aromatic rings. The monoisotopic (exact) mass is 178 g/mol. The summed E-state index contributed by atoms with van der Waals surface area (Å²) < 4.78 is 4.82. The van der Waals surface area contributed by atoms with E-state index < -0.39 is 0 Å². The van der Waals surface area contributed by atoms with Gasteiger partial charge in [0, 0.05) is 6.20 Å². The summed E-state index contributed by atoms with van der Waals surface area (Å²) >= 11 is 0. The van der Waals surface area contributed by atoms with Gasteiger partial charge in [-0.05, 0) is 25.0 Å². The minimum atomic E-state index is -0.356. The van der Waals surface area contributed by atoms with Crippen LogP contribution in [-0.2, 0) is 11.2 Å². The summed E-state index contributed by atoms with van der Waals surface area (Å²) in [6.07, 6.45) is 5.16. The van der Waals surface area contributed by atoms with Crippen molar-refractivity contribution in [2.24, 2.45) is 0 Å². The Morgan fingerprint density at radius 2 is 2.38 bits per heavy atom. The van der Waals surface area contributed by atoms with Gasteiger partial charge in [-0.15, -0.1) is 0 Å². The summed E-state index contributed by atoms with van der Waals surface area (Å²) in [5, 5.41) is 0. The van der Waals surface area contributed by atoms with Crippen LogP contribution in [0, 0.1) is 6.20 Å². The van der Waals surface area contributed by atoms with Crippen LogP contribution >= 0.6 is 0 Å². The van der Waals surface area contributed by atoms with Gasteiger partial charge in [-0.2, -0.15) is 0 Å². The lowest BCUT2D eigenvalue weighted by molar-refractivity contribution is 0.0525. The van der Waals surface area contributed by atoms with E-state index in [2.05, 4.69) is 11.2 Å². The van der Waals surface area contributed by atoms with Gasteiger partial charge in [-0.3, -0.25) is 4.98 Å². The number of carbonyl (C=O) groups excluding carboxylic acids is 1. The highest BCUT2D eigenvalue weighted by molar-refractivity contribution is 5.88. The van der Waals surface area contributed by atoms with E-state index in [0.29, 0.717) is 12.2 Å². The molecule has 0 amide bonds. The molecule has 0 fully saturated rings. The minimum absolute atomic E-state index is 0.356. The number of hydrogen-bond donors (Lipinski definition) is 0. The van der Waals surface area contributed by atoms with Crippen molar-refractivity contribution in [3.05, 3.63) is 29.6 Å². The predicted molar refractivity (Wildman–Crippen MR) is 48.4 cm³/mol. The van der Waals surface area contributed by atoms with Crippen molar-refractivity contribution in [3.8, 4) is 0 Å².